The normalized spacial score (nSPS) is 33.4. The molecule has 0 saturated heterocycles. The Morgan fingerprint density at radius 3 is 2.55 bits per heavy atom. The number of sulfonamides is 1. The summed E-state index contributed by atoms with van der Waals surface area (Å²) in [6.07, 6.45) is 5.86. The van der Waals surface area contributed by atoms with Crippen LogP contribution in [0.1, 0.15) is 101 Å². The number of anilines is 1. The summed E-state index contributed by atoms with van der Waals surface area (Å²) in [6.45, 7) is 11.0. The van der Waals surface area contributed by atoms with Crippen molar-refractivity contribution in [2.24, 2.45) is 17.8 Å². The minimum Gasteiger partial charge on any atom is -0.490 e. The maximum atomic E-state index is 13.9. The van der Waals surface area contributed by atoms with Crippen LogP contribution in [0.3, 0.4) is 0 Å². The molecule has 2 bridgehead atoms. The number of fused-ring (bicyclic) bond motifs is 4. The lowest BCUT2D eigenvalue weighted by Gasteiger charge is -2.50. The van der Waals surface area contributed by atoms with Crippen LogP contribution in [0.25, 0.3) is 0 Å². The fraction of sp³-hybridized carbons (Fsp3) is 0.641. The number of aliphatic hydroxyl groups is 1. The number of halogens is 1. The smallest absolute Gasteiger partial charge is 0.262 e. The minimum absolute atomic E-state index is 0.0155. The standard InChI is InChI=1S/C39H56ClN3O6S2/c1-26-10-8-19-39(45,25-51(47,48)42(6)37(3,4)5)33-15-12-30(33)22-43-23-38(18-9-11-28-20-31(40)14-16-32(28)38)24-49-35-17-13-29(21-34(35)43)36(44)41-50(7,46)27(26)2/h13-14,16-17,20-21,26-27,30,33,45H,7-12,15,18-19,22-25H2,1-6H3,(H,41,44,46)/t26-,27+,30-,33+,38-,39-,50?/m0/s1. The van der Waals surface area contributed by atoms with Gasteiger partial charge in [-0.15, -0.1) is 0 Å². The molecule has 6 rings (SSSR count). The van der Waals surface area contributed by atoms with Crippen LogP contribution in [0.2, 0.25) is 5.02 Å². The van der Waals surface area contributed by atoms with E-state index in [2.05, 4.69) is 27.6 Å². The molecule has 4 aliphatic rings. The monoisotopic (exact) mass is 761 g/mol. The highest BCUT2D eigenvalue weighted by atomic mass is 35.5. The minimum atomic E-state index is -3.82. The van der Waals surface area contributed by atoms with Crippen molar-refractivity contribution in [1.29, 1.82) is 0 Å². The summed E-state index contributed by atoms with van der Waals surface area (Å²) in [5.74, 6) is 3.51. The van der Waals surface area contributed by atoms with Gasteiger partial charge in [-0.1, -0.05) is 31.0 Å². The van der Waals surface area contributed by atoms with E-state index in [-0.39, 0.29) is 28.9 Å². The molecule has 1 fully saturated rings. The number of nitrogens with zero attached hydrogens (tertiary/aromatic N) is 2. The first-order chi connectivity index (χ1) is 23.7. The molecule has 1 amide bonds. The topological polar surface area (TPSA) is 116 Å². The van der Waals surface area contributed by atoms with Crippen LogP contribution in [0.15, 0.2) is 36.4 Å². The Morgan fingerprint density at radius 2 is 1.86 bits per heavy atom. The fourth-order valence-corrected chi connectivity index (χ4v) is 12.6. The zero-order valence-corrected chi connectivity index (χ0v) is 33.4. The average Bonchev–Trinajstić information content (AvgIpc) is 3.17. The van der Waals surface area contributed by atoms with Crippen molar-refractivity contribution in [2.75, 3.05) is 37.4 Å². The van der Waals surface area contributed by atoms with E-state index >= 15 is 0 Å². The number of carbonyl (C=O) groups excluding carboxylic acids is 1. The quantitative estimate of drug-likeness (QED) is 0.358. The zero-order chi connectivity index (χ0) is 37.1. The molecule has 1 spiro atoms. The van der Waals surface area contributed by atoms with E-state index in [0.29, 0.717) is 55.3 Å². The van der Waals surface area contributed by atoms with Crippen LogP contribution in [0.4, 0.5) is 5.69 Å². The molecule has 1 saturated carbocycles. The lowest BCUT2D eigenvalue weighted by molar-refractivity contribution is -0.0725. The lowest BCUT2D eigenvalue weighted by Crippen LogP contribution is -2.57. The second-order valence-electron chi connectivity index (χ2n) is 17.0. The van der Waals surface area contributed by atoms with Gasteiger partial charge < -0.3 is 14.7 Å². The van der Waals surface area contributed by atoms with Gasteiger partial charge >= 0.3 is 0 Å². The van der Waals surface area contributed by atoms with E-state index in [1.54, 1.807) is 13.1 Å². The van der Waals surface area contributed by atoms with E-state index in [1.807, 2.05) is 52.8 Å². The summed E-state index contributed by atoms with van der Waals surface area (Å²) in [6, 6.07) is 11.5. The van der Waals surface area contributed by atoms with Crippen LogP contribution in [-0.2, 0) is 31.6 Å². The summed E-state index contributed by atoms with van der Waals surface area (Å²) < 4.78 is 52.6. The van der Waals surface area contributed by atoms with Gasteiger partial charge in [0.25, 0.3) is 5.91 Å². The second-order valence-corrected chi connectivity index (χ2v) is 21.8. The number of benzene rings is 2. The molecule has 0 aromatic heterocycles. The highest BCUT2D eigenvalue weighted by molar-refractivity contribution is 7.99. The summed E-state index contributed by atoms with van der Waals surface area (Å²) in [7, 11) is -5.28. The molecule has 12 heteroatoms. The SMILES string of the molecule is C=S1(=O)NC(=O)c2ccc3c(c2)N(C[C@@H]2CC[C@H]2[C@@](O)(CS(=O)(=O)N(C)C(C)(C)C)CCC[C@H](C)[C@H]1C)C[C@@]1(CCCc2cc(Cl)ccc21)CO3. The van der Waals surface area contributed by atoms with Gasteiger partial charge in [0.1, 0.15) is 5.75 Å². The molecule has 2 aliphatic heterocycles. The third kappa shape index (κ3) is 7.57. The Balaban J connectivity index is 1.44. The number of hydrogen-bond acceptors (Lipinski definition) is 7. The lowest BCUT2D eigenvalue weighted by atomic mass is 9.63. The van der Waals surface area contributed by atoms with E-state index in [4.69, 9.17) is 16.3 Å². The Labute approximate surface area is 310 Å². The molecule has 2 heterocycles. The van der Waals surface area contributed by atoms with Gasteiger partial charge in [-0.3, -0.25) is 9.52 Å². The maximum Gasteiger partial charge on any atom is 0.262 e. The first kappa shape index (κ1) is 38.4. The molecular weight excluding hydrogens is 706 g/mol. The van der Waals surface area contributed by atoms with Crippen molar-refractivity contribution < 1.29 is 27.3 Å². The van der Waals surface area contributed by atoms with Gasteiger partial charge in [-0.2, -0.15) is 4.31 Å². The molecule has 2 N–H and O–H groups in total. The molecule has 7 atom stereocenters. The molecule has 0 radical (unpaired) electrons. The highest BCUT2D eigenvalue weighted by Gasteiger charge is 2.51. The average molecular weight is 762 g/mol. The Hall–Kier alpha value is -2.31. The highest BCUT2D eigenvalue weighted by Crippen LogP contribution is 2.49. The number of hydrogen-bond donors (Lipinski definition) is 2. The van der Waals surface area contributed by atoms with Gasteiger partial charge in [-0.25, -0.2) is 12.6 Å². The Kier molecular flexibility index (Phi) is 10.4. The summed E-state index contributed by atoms with van der Waals surface area (Å²) in [4.78, 5) is 16.0. The molecule has 2 aromatic rings. The van der Waals surface area contributed by atoms with Gasteiger partial charge in [0.15, 0.2) is 0 Å². The van der Waals surface area contributed by atoms with Gasteiger partial charge in [0.2, 0.25) is 10.0 Å². The Bertz CT molecular complexity index is 1880. The number of rotatable bonds is 3. The van der Waals surface area contributed by atoms with Crippen molar-refractivity contribution in [1.82, 2.24) is 9.03 Å². The number of carbonyl (C=O) groups is 1. The molecule has 2 aliphatic carbocycles. The largest absolute Gasteiger partial charge is 0.490 e. The van der Waals surface area contributed by atoms with Crippen LogP contribution < -0.4 is 14.4 Å². The molecule has 2 aromatic carbocycles. The van der Waals surface area contributed by atoms with E-state index in [0.717, 1.165) is 37.8 Å². The first-order valence-corrected chi connectivity index (χ1v) is 22.2. The van der Waals surface area contributed by atoms with Gasteiger partial charge in [0, 0.05) is 46.9 Å². The van der Waals surface area contributed by atoms with E-state index in [9.17, 15) is 22.5 Å². The van der Waals surface area contributed by atoms with Crippen molar-refractivity contribution >= 4 is 48.8 Å². The summed E-state index contributed by atoms with van der Waals surface area (Å²) in [5, 5.41) is 12.9. The predicted molar refractivity (Wildman–Crippen MR) is 208 cm³/mol. The van der Waals surface area contributed by atoms with Gasteiger partial charge in [-0.05, 0) is 138 Å². The van der Waals surface area contributed by atoms with E-state index < -0.39 is 42.0 Å². The molecule has 51 heavy (non-hydrogen) atoms. The van der Waals surface area contributed by atoms with E-state index in [1.165, 1.54) is 15.4 Å². The third-order valence-corrected chi connectivity index (χ3v) is 17.3. The van der Waals surface area contributed by atoms with Crippen LogP contribution in [0, 0.1) is 17.8 Å². The third-order valence-electron chi connectivity index (χ3n) is 12.6. The summed E-state index contributed by atoms with van der Waals surface area (Å²) >= 11 is 6.46. The van der Waals surface area contributed by atoms with Crippen molar-refractivity contribution in [3.8, 4) is 5.75 Å². The fourth-order valence-electron chi connectivity index (χ4n) is 8.88. The zero-order valence-electron chi connectivity index (χ0n) is 31.0. The van der Waals surface area contributed by atoms with Crippen molar-refractivity contribution in [3.63, 3.8) is 0 Å². The number of ether oxygens (including phenoxy) is 1. The second kappa shape index (κ2) is 13.8. The maximum absolute atomic E-state index is 13.9. The number of nitrogens with one attached hydrogen (secondary N) is 1. The predicted octanol–water partition coefficient (Wildman–Crippen LogP) is 6.20. The van der Waals surface area contributed by atoms with Gasteiger partial charge in [0.05, 0.1) is 33.4 Å². The van der Waals surface area contributed by atoms with Crippen LogP contribution in [0.5, 0.6) is 5.75 Å². The Morgan fingerprint density at radius 1 is 1.12 bits per heavy atom. The number of aryl methyl sites for hydroxylation is 1. The van der Waals surface area contributed by atoms with Crippen LogP contribution in [-0.4, -0.2) is 82.7 Å². The van der Waals surface area contributed by atoms with Crippen LogP contribution >= 0.6 is 11.6 Å². The van der Waals surface area contributed by atoms with Crippen molar-refractivity contribution in [2.45, 2.75) is 108 Å². The molecule has 9 nitrogen and oxygen atoms in total. The first-order valence-electron chi connectivity index (χ1n) is 18.4. The van der Waals surface area contributed by atoms with Crippen molar-refractivity contribution in [3.05, 3.63) is 58.1 Å². The summed E-state index contributed by atoms with van der Waals surface area (Å²) in [5.41, 5.74) is 1.12. The number of amides is 1. The molecular formula is C39H56ClN3O6S2. The molecule has 282 valence electrons. The molecule has 1 unspecified atom stereocenters.